The number of methoxy groups -OCH3 is 1. The molecule has 0 aliphatic heterocycles. The highest BCUT2D eigenvalue weighted by Gasteiger charge is 2.08. The maximum atomic E-state index is 11.8. The number of carbonyl (C=O) groups excluding carboxylic acids is 2. The Morgan fingerprint density at radius 2 is 1.83 bits per heavy atom. The molecule has 0 saturated heterocycles. The lowest BCUT2D eigenvalue weighted by Crippen LogP contribution is -2.37. The van der Waals surface area contributed by atoms with Gasteiger partial charge in [0.15, 0.2) is 0 Å². The zero-order valence-electron chi connectivity index (χ0n) is 12.9. The van der Waals surface area contributed by atoms with Gasteiger partial charge < -0.3 is 15.4 Å². The molecule has 0 spiro atoms. The van der Waals surface area contributed by atoms with Crippen molar-refractivity contribution in [1.82, 2.24) is 15.6 Å². The van der Waals surface area contributed by atoms with Crippen LogP contribution in [0, 0.1) is 0 Å². The highest BCUT2D eigenvalue weighted by molar-refractivity contribution is 5.85. The van der Waals surface area contributed by atoms with E-state index < -0.39 is 0 Å². The van der Waals surface area contributed by atoms with Gasteiger partial charge in [0.05, 0.1) is 20.1 Å². The molecule has 0 bridgehead atoms. The highest BCUT2D eigenvalue weighted by Crippen LogP contribution is 2.12. The summed E-state index contributed by atoms with van der Waals surface area (Å²) in [5, 5.41) is 5.32. The Morgan fingerprint density at radius 1 is 1.04 bits per heavy atom. The van der Waals surface area contributed by atoms with Crippen molar-refractivity contribution in [3.05, 3.63) is 59.8 Å². The molecule has 0 radical (unpaired) electrons. The van der Waals surface area contributed by atoms with Gasteiger partial charge in [-0.3, -0.25) is 9.59 Å². The molecule has 0 unspecified atom stereocenters. The average Bonchev–Trinajstić information content (AvgIpc) is 2.59. The normalized spacial score (nSPS) is 9.96. The number of pyridine rings is 1. The molecule has 23 heavy (non-hydrogen) atoms. The smallest absolute Gasteiger partial charge is 0.239 e. The number of nitrogens with one attached hydrogen (secondary N) is 2. The predicted octanol–water partition coefficient (Wildman–Crippen LogP) is 1.07. The van der Waals surface area contributed by atoms with Crippen molar-refractivity contribution in [2.75, 3.05) is 13.7 Å². The minimum Gasteiger partial charge on any atom is -0.481 e. The van der Waals surface area contributed by atoms with Gasteiger partial charge in [-0.15, -0.1) is 0 Å². The Labute approximate surface area is 134 Å². The number of amides is 2. The molecule has 2 aromatic rings. The van der Waals surface area contributed by atoms with Crippen molar-refractivity contribution in [2.24, 2.45) is 0 Å². The van der Waals surface area contributed by atoms with Crippen LogP contribution in [0.1, 0.15) is 11.1 Å². The van der Waals surface area contributed by atoms with E-state index in [0.717, 1.165) is 11.1 Å². The molecule has 0 aliphatic rings. The topological polar surface area (TPSA) is 80.3 Å². The summed E-state index contributed by atoms with van der Waals surface area (Å²) in [5.74, 6) is 0.0172. The fraction of sp³-hybridized carbons (Fsp3) is 0.235. The second-order valence-corrected chi connectivity index (χ2v) is 4.89. The first-order valence-corrected chi connectivity index (χ1v) is 7.24. The van der Waals surface area contributed by atoms with E-state index >= 15 is 0 Å². The molecule has 1 aromatic heterocycles. The van der Waals surface area contributed by atoms with E-state index in [1.54, 1.807) is 12.3 Å². The van der Waals surface area contributed by atoms with Gasteiger partial charge >= 0.3 is 0 Å². The Balaban J connectivity index is 1.74. The highest BCUT2D eigenvalue weighted by atomic mass is 16.5. The Morgan fingerprint density at radius 3 is 2.57 bits per heavy atom. The molecule has 0 atom stereocenters. The molecule has 0 aliphatic carbocycles. The van der Waals surface area contributed by atoms with Gasteiger partial charge in [-0.2, -0.15) is 0 Å². The van der Waals surface area contributed by atoms with E-state index in [-0.39, 0.29) is 24.8 Å². The first kappa shape index (κ1) is 16.5. The monoisotopic (exact) mass is 313 g/mol. The van der Waals surface area contributed by atoms with Crippen LogP contribution in [-0.4, -0.2) is 30.5 Å². The van der Waals surface area contributed by atoms with Crippen molar-refractivity contribution >= 4 is 11.8 Å². The Hall–Kier alpha value is -2.89. The Bertz CT molecular complexity index is 659. The summed E-state index contributed by atoms with van der Waals surface area (Å²) in [6.07, 6.45) is 1.87. The van der Waals surface area contributed by atoms with Crippen LogP contribution in [0.3, 0.4) is 0 Å². The number of rotatable bonds is 7. The number of hydrogen-bond donors (Lipinski definition) is 2. The summed E-state index contributed by atoms with van der Waals surface area (Å²) in [5.41, 5.74) is 1.68. The lowest BCUT2D eigenvalue weighted by atomic mass is 10.1. The summed E-state index contributed by atoms with van der Waals surface area (Å²) < 4.78 is 5.11. The van der Waals surface area contributed by atoms with Gasteiger partial charge in [0, 0.05) is 18.3 Å². The number of aromatic nitrogens is 1. The van der Waals surface area contributed by atoms with Crippen molar-refractivity contribution in [3.8, 4) is 5.88 Å². The molecule has 2 amide bonds. The van der Waals surface area contributed by atoms with Crippen LogP contribution in [0.5, 0.6) is 5.88 Å². The molecule has 0 saturated carbocycles. The average molecular weight is 313 g/mol. The zero-order chi connectivity index (χ0) is 16.5. The lowest BCUT2D eigenvalue weighted by Gasteiger charge is -2.09. The van der Waals surface area contributed by atoms with Crippen LogP contribution in [0.15, 0.2) is 48.7 Å². The molecule has 1 heterocycles. The molecule has 120 valence electrons. The molecule has 2 rings (SSSR count). The fourth-order valence-corrected chi connectivity index (χ4v) is 2.02. The van der Waals surface area contributed by atoms with Gasteiger partial charge in [0.25, 0.3) is 0 Å². The number of hydrogen-bond acceptors (Lipinski definition) is 4. The second kappa shape index (κ2) is 8.53. The maximum absolute atomic E-state index is 11.8. The number of ether oxygens (including phenoxy) is 1. The number of benzene rings is 1. The molecular formula is C17H19N3O3. The van der Waals surface area contributed by atoms with Crippen LogP contribution >= 0.6 is 0 Å². The van der Waals surface area contributed by atoms with E-state index in [2.05, 4.69) is 15.6 Å². The lowest BCUT2D eigenvalue weighted by molar-refractivity contribution is -0.125. The molecule has 1 aromatic carbocycles. The molecule has 6 nitrogen and oxygen atoms in total. The molecule has 6 heteroatoms. The van der Waals surface area contributed by atoms with E-state index in [9.17, 15) is 9.59 Å². The van der Waals surface area contributed by atoms with Crippen molar-refractivity contribution in [2.45, 2.75) is 13.0 Å². The van der Waals surface area contributed by atoms with E-state index in [0.29, 0.717) is 12.4 Å². The minimum absolute atomic E-state index is 0.0613. The maximum Gasteiger partial charge on any atom is 0.239 e. The summed E-state index contributed by atoms with van der Waals surface area (Å²) in [7, 11) is 1.53. The third-order valence-electron chi connectivity index (χ3n) is 3.17. The quantitative estimate of drug-likeness (QED) is 0.801. The van der Waals surface area contributed by atoms with E-state index in [1.807, 2.05) is 36.4 Å². The SMILES string of the molecule is COc1ncccc1CNC(=O)CNC(=O)Cc1ccccc1. The summed E-state index contributed by atoms with van der Waals surface area (Å²) in [6, 6.07) is 13.0. The van der Waals surface area contributed by atoms with Crippen LogP contribution < -0.4 is 15.4 Å². The minimum atomic E-state index is -0.266. The fourth-order valence-electron chi connectivity index (χ4n) is 2.02. The van der Waals surface area contributed by atoms with Gasteiger partial charge in [-0.25, -0.2) is 4.98 Å². The van der Waals surface area contributed by atoms with Crippen molar-refractivity contribution in [1.29, 1.82) is 0 Å². The third kappa shape index (κ3) is 5.43. The van der Waals surface area contributed by atoms with Gasteiger partial charge in [-0.1, -0.05) is 36.4 Å². The number of nitrogens with zero attached hydrogens (tertiary/aromatic N) is 1. The number of carbonyl (C=O) groups is 2. The largest absolute Gasteiger partial charge is 0.481 e. The molecule has 2 N–H and O–H groups in total. The third-order valence-corrected chi connectivity index (χ3v) is 3.17. The van der Waals surface area contributed by atoms with Crippen molar-refractivity contribution < 1.29 is 14.3 Å². The molecular weight excluding hydrogens is 294 g/mol. The first-order chi connectivity index (χ1) is 11.2. The zero-order valence-corrected chi connectivity index (χ0v) is 12.9. The predicted molar refractivity (Wildman–Crippen MR) is 85.8 cm³/mol. The van der Waals surface area contributed by atoms with Gasteiger partial charge in [0.1, 0.15) is 0 Å². The van der Waals surface area contributed by atoms with Gasteiger partial charge in [0.2, 0.25) is 17.7 Å². The van der Waals surface area contributed by atoms with Crippen LogP contribution in [0.4, 0.5) is 0 Å². The van der Waals surface area contributed by atoms with Crippen LogP contribution in [0.2, 0.25) is 0 Å². The summed E-state index contributed by atoms with van der Waals surface area (Å²) >= 11 is 0. The van der Waals surface area contributed by atoms with Crippen LogP contribution in [-0.2, 0) is 22.6 Å². The van der Waals surface area contributed by atoms with Crippen LogP contribution in [0.25, 0.3) is 0 Å². The van der Waals surface area contributed by atoms with Gasteiger partial charge in [-0.05, 0) is 11.6 Å². The Kier molecular flexibility index (Phi) is 6.11. The standard InChI is InChI=1S/C17H19N3O3/c1-23-17-14(8-5-9-18-17)11-19-16(22)12-20-15(21)10-13-6-3-2-4-7-13/h2-9H,10-12H2,1H3,(H,19,22)(H,20,21). The summed E-state index contributed by atoms with van der Waals surface area (Å²) in [6.45, 7) is 0.235. The van der Waals surface area contributed by atoms with E-state index in [1.165, 1.54) is 7.11 Å². The van der Waals surface area contributed by atoms with Crippen molar-refractivity contribution in [3.63, 3.8) is 0 Å². The molecule has 0 fully saturated rings. The second-order valence-electron chi connectivity index (χ2n) is 4.89. The first-order valence-electron chi connectivity index (χ1n) is 7.24. The van der Waals surface area contributed by atoms with E-state index in [4.69, 9.17) is 4.74 Å². The summed E-state index contributed by atoms with van der Waals surface area (Å²) in [4.78, 5) is 27.6.